The second-order valence-electron chi connectivity index (χ2n) is 9.41. The number of carbonyl (C=O) groups excluding carboxylic acids is 2. The lowest BCUT2D eigenvalue weighted by molar-refractivity contribution is -0.137. The quantitative estimate of drug-likeness (QED) is 0.343. The van der Waals surface area contributed by atoms with Crippen molar-refractivity contribution in [2.24, 2.45) is 0 Å². The number of carbonyl (C=O) groups is 2. The summed E-state index contributed by atoms with van der Waals surface area (Å²) in [5, 5.41) is 11.2. The summed E-state index contributed by atoms with van der Waals surface area (Å²) in [4.78, 5) is 44.7. The number of pyridine rings is 1. The van der Waals surface area contributed by atoms with Crippen LogP contribution in [0.2, 0.25) is 0 Å². The van der Waals surface area contributed by atoms with E-state index in [0.717, 1.165) is 27.5 Å². The smallest absolute Gasteiger partial charge is 0.417 e. The molecule has 2 amide bonds. The minimum atomic E-state index is -4.88. The van der Waals surface area contributed by atoms with Crippen LogP contribution in [0.4, 0.5) is 28.9 Å². The summed E-state index contributed by atoms with van der Waals surface area (Å²) in [6.07, 6.45) is -3.52. The fraction of sp³-hybridized carbons (Fsp3) is 0.308. The number of amides is 2. The van der Waals surface area contributed by atoms with Gasteiger partial charge >= 0.3 is 11.7 Å². The van der Waals surface area contributed by atoms with Crippen LogP contribution in [0.3, 0.4) is 0 Å². The lowest BCUT2D eigenvalue weighted by Crippen LogP contribution is -2.44. The molecule has 1 aromatic carbocycles. The normalized spacial score (nSPS) is 14.9. The summed E-state index contributed by atoms with van der Waals surface area (Å²) in [6, 6.07) is 5.18. The zero-order valence-corrected chi connectivity index (χ0v) is 22.9. The van der Waals surface area contributed by atoms with Crippen LogP contribution in [0.25, 0.3) is 5.65 Å². The Hall–Kier alpha value is -4.58. The van der Waals surface area contributed by atoms with Crippen molar-refractivity contribution in [3.8, 4) is 11.8 Å². The fourth-order valence-corrected chi connectivity index (χ4v) is 4.91. The molecule has 3 aromatic rings. The second-order valence-corrected chi connectivity index (χ2v) is 9.77. The highest BCUT2D eigenvalue weighted by molar-refractivity contribution is 7.81. The maximum atomic E-state index is 15.4. The van der Waals surface area contributed by atoms with E-state index in [-0.39, 0.29) is 40.0 Å². The van der Waals surface area contributed by atoms with Gasteiger partial charge in [-0.05, 0) is 50.7 Å². The molecule has 1 fully saturated rings. The van der Waals surface area contributed by atoms with Gasteiger partial charge in [-0.3, -0.25) is 23.7 Å². The third kappa shape index (κ3) is 4.95. The van der Waals surface area contributed by atoms with Crippen LogP contribution < -0.4 is 25.4 Å². The van der Waals surface area contributed by atoms with E-state index in [0.29, 0.717) is 6.07 Å². The lowest BCUT2D eigenvalue weighted by Gasteiger charge is -2.29. The molecule has 41 heavy (non-hydrogen) atoms. The molecule has 0 atom stereocenters. The summed E-state index contributed by atoms with van der Waals surface area (Å²) in [6.45, 7) is 4.02. The number of rotatable bonds is 6. The first kappa shape index (κ1) is 29.4. The highest BCUT2D eigenvalue weighted by Gasteiger charge is 2.51. The van der Waals surface area contributed by atoms with E-state index in [1.807, 2.05) is 0 Å². The summed E-state index contributed by atoms with van der Waals surface area (Å²) in [7, 11) is 1.38. The molecule has 2 aromatic heterocycles. The Balaban J connectivity index is 1.86. The largest absolute Gasteiger partial charge is 0.476 e. The Labute approximate surface area is 235 Å². The maximum absolute atomic E-state index is 15.4. The molecule has 0 aliphatic carbocycles. The minimum Gasteiger partial charge on any atom is -0.476 e. The standard InChI is InChI=1S/C26H22F4N6O4S/c1-5-18-20(40-12-19(37)32-4)22(38)34-11-15(9-17(27)21(34)33-18)36-24(41)35(23(39)25(36,2)3)14-7-6-13(10-31)16(8-14)26(28,29)30/h6-9,11H,5,12H2,1-4H3,(H,32,37). The number of alkyl halides is 3. The third-order valence-corrected chi connectivity index (χ3v) is 6.83. The number of nitrogens with one attached hydrogen (secondary N) is 1. The first-order chi connectivity index (χ1) is 19.2. The third-order valence-electron chi connectivity index (χ3n) is 6.47. The number of thiocarbonyl (C=S) groups is 1. The van der Waals surface area contributed by atoms with Gasteiger partial charge in [-0.2, -0.15) is 18.4 Å². The van der Waals surface area contributed by atoms with Crippen molar-refractivity contribution >= 4 is 46.2 Å². The lowest BCUT2D eigenvalue weighted by atomic mass is 10.0. The summed E-state index contributed by atoms with van der Waals surface area (Å²) < 4.78 is 62.5. The predicted molar refractivity (Wildman–Crippen MR) is 143 cm³/mol. The van der Waals surface area contributed by atoms with Gasteiger partial charge in [0, 0.05) is 19.3 Å². The van der Waals surface area contributed by atoms with Crippen LogP contribution in [-0.4, -0.2) is 45.5 Å². The highest BCUT2D eigenvalue weighted by atomic mass is 32.1. The van der Waals surface area contributed by atoms with Crippen LogP contribution in [0.15, 0.2) is 35.3 Å². The number of likely N-dealkylation sites (N-methyl/N-ethyl adjacent to an activating group) is 1. The van der Waals surface area contributed by atoms with Gasteiger partial charge in [-0.15, -0.1) is 0 Å². The molecular weight excluding hydrogens is 568 g/mol. The molecule has 1 aliphatic heterocycles. The van der Waals surface area contributed by atoms with Crippen molar-refractivity contribution in [1.82, 2.24) is 14.7 Å². The van der Waals surface area contributed by atoms with E-state index in [9.17, 15) is 27.6 Å². The number of benzene rings is 1. The number of anilines is 2. The fourth-order valence-electron chi connectivity index (χ4n) is 4.39. The number of nitrogens with zero attached hydrogens (tertiary/aromatic N) is 5. The zero-order valence-electron chi connectivity index (χ0n) is 22.1. The molecule has 4 rings (SSSR count). The van der Waals surface area contributed by atoms with Gasteiger partial charge in [0.1, 0.15) is 5.54 Å². The molecular formula is C26H22F4N6O4S. The molecule has 0 saturated carbocycles. The van der Waals surface area contributed by atoms with Gasteiger partial charge in [0.2, 0.25) is 5.75 Å². The molecule has 0 spiro atoms. The van der Waals surface area contributed by atoms with Crippen molar-refractivity contribution < 1.29 is 31.9 Å². The molecule has 0 unspecified atom stereocenters. The second kappa shape index (κ2) is 10.4. The van der Waals surface area contributed by atoms with Gasteiger partial charge in [0.25, 0.3) is 11.8 Å². The number of nitriles is 1. The van der Waals surface area contributed by atoms with Crippen molar-refractivity contribution in [3.63, 3.8) is 0 Å². The molecule has 0 radical (unpaired) electrons. The van der Waals surface area contributed by atoms with E-state index in [1.54, 1.807) is 6.92 Å². The van der Waals surface area contributed by atoms with Gasteiger partial charge in [-0.1, -0.05) is 6.92 Å². The Morgan fingerprint density at radius 3 is 2.49 bits per heavy atom. The van der Waals surface area contributed by atoms with Gasteiger partial charge < -0.3 is 15.0 Å². The number of halogens is 4. The Morgan fingerprint density at radius 1 is 1.22 bits per heavy atom. The SMILES string of the molecule is CCc1nc2c(F)cc(N3C(=S)N(c4ccc(C#N)c(C(F)(F)F)c4)C(=O)C3(C)C)cn2c(=O)c1OCC(=O)NC. The number of aromatic nitrogens is 2. The van der Waals surface area contributed by atoms with Crippen molar-refractivity contribution in [3.05, 3.63) is 63.5 Å². The monoisotopic (exact) mass is 590 g/mol. The van der Waals surface area contributed by atoms with E-state index in [4.69, 9.17) is 22.2 Å². The van der Waals surface area contributed by atoms with Crippen LogP contribution in [0, 0.1) is 17.1 Å². The number of fused-ring (bicyclic) bond motifs is 1. The first-order valence-corrected chi connectivity index (χ1v) is 12.5. The zero-order chi connectivity index (χ0) is 30.4. The average Bonchev–Trinajstić information content (AvgIpc) is 3.09. The Kier molecular flexibility index (Phi) is 7.48. The summed E-state index contributed by atoms with van der Waals surface area (Å²) in [5.74, 6) is -2.48. The molecule has 1 saturated heterocycles. The average molecular weight is 591 g/mol. The highest BCUT2D eigenvalue weighted by Crippen LogP contribution is 2.40. The predicted octanol–water partition coefficient (Wildman–Crippen LogP) is 3.33. The molecule has 10 nitrogen and oxygen atoms in total. The number of hydrogen-bond acceptors (Lipinski definition) is 7. The van der Waals surface area contributed by atoms with E-state index >= 15 is 4.39 Å². The Morgan fingerprint density at radius 2 is 1.90 bits per heavy atom. The molecule has 0 bridgehead atoms. The van der Waals surface area contributed by atoms with Gasteiger partial charge in [-0.25, -0.2) is 9.37 Å². The maximum Gasteiger partial charge on any atom is 0.417 e. The van der Waals surface area contributed by atoms with Crippen molar-refractivity contribution in [2.45, 2.75) is 38.9 Å². The van der Waals surface area contributed by atoms with E-state index < -0.39 is 52.6 Å². The first-order valence-electron chi connectivity index (χ1n) is 12.1. The van der Waals surface area contributed by atoms with E-state index in [1.165, 1.54) is 38.1 Å². The van der Waals surface area contributed by atoms with Crippen LogP contribution in [-0.2, 0) is 22.2 Å². The van der Waals surface area contributed by atoms with Gasteiger partial charge in [0.05, 0.1) is 34.3 Å². The van der Waals surface area contributed by atoms with Gasteiger partial charge in [0.15, 0.2) is 23.2 Å². The molecule has 214 valence electrons. The summed E-state index contributed by atoms with van der Waals surface area (Å²) in [5.41, 5.74) is -4.82. The van der Waals surface area contributed by atoms with Crippen LogP contribution >= 0.6 is 12.2 Å². The minimum absolute atomic E-state index is 0.0732. The molecule has 1 N–H and O–H groups in total. The number of aryl methyl sites for hydroxylation is 1. The van der Waals surface area contributed by atoms with E-state index in [2.05, 4.69) is 10.3 Å². The van der Waals surface area contributed by atoms with Crippen molar-refractivity contribution in [1.29, 1.82) is 5.26 Å². The number of hydrogen-bond donors (Lipinski definition) is 1. The topological polar surface area (TPSA) is 120 Å². The summed E-state index contributed by atoms with van der Waals surface area (Å²) >= 11 is 5.49. The van der Waals surface area contributed by atoms with Crippen LogP contribution in [0.5, 0.6) is 5.75 Å². The van der Waals surface area contributed by atoms with Crippen LogP contribution in [0.1, 0.15) is 37.6 Å². The number of ether oxygens (including phenoxy) is 1. The van der Waals surface area contributed by atoms with Crippen molar-refractivity contribution in [2.75, 3.05) is 23.5 Å². The molecule has 1 aliphatic rings. The molecule has 15 heteroatoms. The molecule has 3 heterocycles. The Bertz CT molecular complexity index is 1710.